The van der Waals surface area contributed by atoms with Crippen LogP contribution < -0.4 is 5.32 Å². The largest absolute Gasteiger partial charge is 0.317 e. The molecule has 0 amide bonds. The molecular weight excluding hydrogens is 236 g/mol. The molecule has 1 aliphatic rings. The van der Waals surface area contributed by atoms with Gasteiger partial charge in [-0.25, -0.2) is 8.42 Å². The van der Waals surface area contributed by atoms with Gasteiger partial charge in [0.15, 0.2) is 0 Å². The molecule has 0 spiro atoms. The summed E-state index contributed by atoms with van der Waals surface area (Å²) in [6, 6.07) is 0.207. The molecule has 1 heterocycles. The smallest absolute Gasteiger partial charge is 0.214 e. The molecule has 1 aliphatic heterocycles. The summed E-state index contributed by atoms with van der Waals surface area (Å²) in [6.45, 7) is 6.81. The van der Waals surface area contributed by atoms with Gasteiger partial charge in [-0.05, 0) is 52.1 Å². The Kier molecular flexibility index (Phi) is 6.44. The Bertz CT molecular complexity index is 304. The Morgan fingerprint density at radius 3 is 2.65 bits per heavy atom. The first kappa shape index (κ1) is 14.9. The number of sulfonamides is 1. The van der Waals surface area contributed by atoms with E-state index in [4.69, 9.17) is 0 Å². The molecule has 17 heavy (non-hydrogen) atoms. The van der Waals surface area contributed by atoms with Gasteiger partial charge in [-0.3, -0.25) is 0 Å². The van der Waals surface area contributed by atoms with Gasteiger partial charge < -0.3 is 5.32 Å². The number of nitrogens with one attached hydrogen (secondary N) is 1. The van der Waals surface area contributed by atoms with Crippen LogP contribution in [-0.2, 0) is 10.0 Å². The van der Waals surface area contributed by atoms with E-state index in [-0.39, 0.29) is 6.04 Å². The average Bonchev–Trinajstić information content (AvgIpc) is 2.70. The molecule has 1 fully saturated rings. The summed E-state index contributed by atoms with van der Waals surface area (Å²) < 4.78 is 25.8. The van der Waals surface area contributed by atoms with Crippen LogP contribution in [0.1, 0.15) is 46.0 Å². The Balaban J connectivity index is 2.21. The standard InChI is InChI=1S/C12H26N2O2S/c1-3-8-13-9-4-5-11-17(15,16)14-10-6-7-12(14)2/h12-13H,3-11H2,1-2H3. The van der Waals surface area contributed by atoms with Gasteiger partial charge in [0.25, 0.3) is 0 Å². The normalized spacial score (nSPS) is 22.1. The first-order valence-corrected chi connectivity index (χ1v) is 8.39. The maximum absolute atomic E-state index is 12.0. The van der Waals surface area contributed by atoms with E-state index in [1.807, 2.05) is 6.92 Å². The molecule has 0 aromatic heterocycles. The zero-order chi connectivity index (χ0) is 12.7. The highest BCUT2D eigenvalue weighted by molar-refractivity contribution is 7.89. The fourth-order valence-electron chi connectivity index (χ4n) is 2.27. The topological polar surface area (TPSA) is 49.4 Å². The van der Waals surface area contributed by atoms with Crippen LogP contribution in [0, 0.1) is 0 Å². The SMILES string of the molecule is CCCNCCCCS(=O)(=O)N1CCCC1C. The van der Waals surface area contributed by atoms with Crippen LogP contribution in [0.5, 0.6) is 0 Å². The van der Waals surface area contributed by atoms with Gasteiger partial charge in [0, 0.05) is 12.6 Å². The molecule has 4 nitrogen and oxygen atoms in total. The lowest BCUT2D eigenvalue weighted by Gasteiger charge is -2.20. The van der Waals surface area contributed by atoms with E-state index in [1.54, 1.807) is 4.31 Å². The molecule has 0 bridgehead atoms. The van der Waals surface area contributed by atoms with Crippen molar-refractivity contribution in [1.82, 2.24) is 9.62 Å². The fourth-order valence-corrected chi connectivity index (χ4v) is 4.14. The molecule has 0 aliphatic carbocycles. The quantitative estimate of drug-likeness (QED) is 0.676. The Labute approximate surface area is 106 Å². The van der Waals surface area contributed by atoms with Gasteiger partial charge in [-0.15, -0.1) is 0 Å². The zero-order valence-corrected chi connectivity index (χ0v) is 11.9. The highest BCUT2D eigenvalue weighted by Crippen LogP contribution is 2.21. The van der Waals surface area contributed by atoms with Crippen LogP contribution in [0.2, 0.25) is 0 Å². The summed E-state index contributed by atoms with van der Waals surface area (Å²) in [5.41, 5.74) is 0. The lowest BCUT2D eigenvalue weighted by molar-refractivity contribution is 0.407. The third-order valence-electron chi connectivity index (χ3n) is 3.28. The van der Waals surface area contributed by atoms with Crippen LogP contribution in [0.15, 0.2) is 0 Å². The first-order valence-electron chi connectivity index (χ1n) is 6.78. The van der Waals surface area contributed by atoms with Gasteiger partial charge >= 0.3 is 0 Å². The fraction of sp³-hybridized carbons (Fsp3) is 1.00. The molecule has 1 atom stereocenters. The zero-order valence-electron chi connectivity index (χ0n) is 11.1. The second kappa shape index (κ2) is 7.34. The van der Waals surface area contributed by atoms with Gasteiger partial charge in [0.2, 0.25) is 10.0 Å². The minimum absolute atomic E-state index is 0.207. The van der Waals surface area contributed by atoms with E-state index in [2.05, 4.69) is 12.2 Å². The van der Waals surface area contributed by atoms with Crippen molar-refractivity contribution in [2.75, 3.05) is 25.4 Å². The third-order valence-corrected chi connectivity index (χ3v) is 5.34. The second-order valence-corrected chi connectivity index (χ2v) is 6.92. The highest BCUT2D eigenvalue weighted by Gasteiger charge is 2.30. The number of unbranched alkanes of at least 4 members (excludes halogenated alkanes) is 1. The van der Waals surface area contributed by atoms with Crippen LogP contribution in [0.3, 0.4) is 0 Å². The molecule has 0 aromatic carbocycles. The lowest BCUT2D eigenvalue weighted by atomic mass is 10.3. The molecule has 0 saturated carbocycles. The van der Waals surface area contributed by atoms with Gasteiger partial charge in [0.05, 0.1) is 5.75 Å². The Morgan fingerprint density at radius 1 is 1.29 bits per heavy atom. The molecule has 1 unspecified atom stereocenters. The van der Waals surface area contributed by atoms with Gasteiger partial charge in [-0.2, -0.15) is 4.31 Å². The van der Waals surface area contributed by atoms with Crippen molar-refractivity contribution in [1.29, 1.82) is 0 Å². The lowest BCUT2D eigenvalue weighted by Crippen LogP contribution is -2.35. The van der Waals surface area contributed by atoms with Crippen LogP contribution in [0.4, 0.5) is 0 Å². The van der Waals surface area contributed by atoms with Crippen molar-refractivity contribution >= 4 is 10.0 Å². The van der Waals surface area contributed by atoms with Crippen LogP contribution >= 0.6 is 0 Å². The number of rotatable bonds is 8. The minimum atomic E-state index is -3.00. The van der Waals surface area contributed by atoms with Crippen molar-refractivity contribution in [3.05, 3.63) is 0 Å². The average molecular weight is 262 g/mol. The predicted octanol–water partition coefficient (Wildman–Crippen LogP) is 1.58. The molecule has 1 saturated heterocycles. The van der Waals surface area contributed by atoms with Crippen molar-refractivity contribution in [3.8, 4) is 0 Å². The van der Waals surface area contributed by atoms with Crippen LogP contribution in [0.25, 0.3) is 0 Å². The van der Waals surface area contributed by atoms with E-state index < -0.39 is 10.0 Å². The second-order valence-electron chi connectivity index (χ2n) is 4.88. The number of hydrogen-bond acceptors (Lipinski definition) is 3. The van der Waals surface area contributed by atoms with Crippen molar-refractivity contribution in [3.63, 3.8) is 0 Å². The van der Waals surface area contributed by atoms with Crippen molar-refractivity contribution in [2.45, 2.75) is 52.0 Å². The van der Waals surface area contributed by atoms with E-state index in [9.17, 15) is 8.42 Å². The molecule has 1 rings (SSSR count). The number of nitrogens with zero attached hydrogens (tertiary/aromatic N) is 1. The molecule has 5 heteroatoms. The van der Waals surface area contributed by atoms with Gasteiger partial charge in [0.1, 0.15) is 0 Å². The molecular formula is C12H26N2O2S. The minimum Gasteiger partial charge on any atom is -0.317 e. The van der Waals surface area contributed by atoms with Gasteiger partial charge in [-0.1, -0.05) is 6.92 Å². The van der Waals surface area contributed by atoms with E-state index in [1.165, 1.54) is 0 Å². The summed E-state index contributed by atoms with van der Waals surface area (Å²) in [5, 5.41) is 3.29. The van der Waals surface area contributed by atoms with E-state index >= 15 is 0 Å². The molecule has 0 radical (unpaired) electrons. The van der Waals surface area contributed by atoms with Crippen LogP contribution in [-0.4, -0.2) is 44.2 Å². The van der Waals surface area contributed by atoms with E-state index in [0.29, 0.717) is 5.75 Å². The summed E-state index contributed by atoms with van der Waals surface area (Å²) in [6.07, 6.45) is 4.86. The number of hydrogen-bond donors (Lipinski definition) is 1. The van der Waals surface area contributed by atoms with Crippen molar-refractivity contribution < 1.29 is 8.42 Å². The third kappa shape index (κ3) is 4.94. The van der Waals surface area contributed by atoms with E-state index in [0.717, 1.165) is 51.7 Å². The highest BCUT2D eigenvalue weighted by atomic mass is 32.2. The molecule has 1 N–H and O–H groups in total. The first-order chi connectivity index (χ1) is 8.08. The maximum atomic E-state index is 12.0. The molecule has 102 valence electrons. The Morgan fingerprint density at radius 2 is 2.06 bits per heavy atom. The Hall–Kier alpha value is -0.130. The monoisotopic (exact) mass is 262 g/mol. The summed E-state index contributed by atoms with van der Waals surface area (Å²) >= 11 is 0. The maximum Gasteiger partial charge on any atom is 0.214 e. The van der Waals surface area contributed by atoms with Crippen molar-refractivity contribution in [2.24, 2.45) is 0 Å². The summed E-state index contributed by atoms with van der Waals surface area (Å²) in [5.74, 6) is 0.311. The molecule has 0 aromatic rings. The summed E-state index contributed by atoms with van der Waals surface area (Å²) in [4.78, 5) is 0. The predicted molar refractivity (Wildman–Crippen MR) is 71.6 cm³/mol. The summed E-state index contributed by atoms with van der Waals surface area (Å²) in [7, 11) is -3.00.